The van der Waals surface area contributed by atoms with E-state index >= 15 is 0 Å². The van der Waals surface area contributed by atoms with Crippen molar-refractivity contribution < 1.29 is 22.7 Å². The van der Waals surface area contributed by atoms with Gasteiger partial charge in [0.25, 0.3) is 0 Å². The fraction of sp³-hybridized carbons (Fsp3) is 0.409. The summed E-state index contributed by atoms with van der Waals surface area (Å²) in [5, 5.41) is 2.98. The second-order valence-corrected chi connectivity index (χ2v) is 9.65. The lowest BCUT2D eigenvalue weighted by atomic mass is 10.1. The standard InChI is InChI=1S/C22H27ClN2O5S/c1-29-21-10-9-19(14-20(21)23)31(27,28)25(12-11-17-6-3-2-4-7-17)16-22(26)24-15-18-8-5-13-30-18/h2-4,6-7,9-10,14,18H,5,8,11-13,15-16H2,1H3,(H,24,26)/t18-/m1/s1. The molecule has 1 atom stereocenters. The van der Waals surface area contributed by atoms with Gasteiger partial charge in [-0.3, -0.25) is 4.79 Å². The van der Waals surface area contributed by atoms with Gasteiger partial charge in [-0.2, -0.15) is 4.31 Å². The fourth-order valence-electron chi connectivity index (χ4n) is 3.39. The minimum atomic E-state index is -3.95. The first-order valence-electron chi connectivity index (χ1n) is 10.2. The zero-order chi connectivity index (χ0) is 22.3. The van der Waals surface area contributed by atoms with E-state index in [1.165, 1.54) is 29.6 Å². The lowest BCUT2D eigenvalue weighted by Gasteiger charge is -2.22. The Labute approximate surface area is 188 Å². The topological polar surface area (TPSA) is 84.9 Å². The first kappa shape index (κ1) is 23.5. The highest BCUT2D eigenvalue weighted by atomic mass is 35.5. The Kier molecular flexibility index (Phi) is 8.31. The van der Waals surface area contributed by atoms with Crippen molar-refractivity contribution in [2.24, 2.45) is 0 Å². The van der Waals surface area contributed by atoms with Crippen LogP contribution in [0.15, 0.2) is 53.4 Å². The third-order valence-electron chi connectivity index (χ3n) is 5.12. The molecule has 1 aliphatic heterocycles. The van der Waals surface area contributed by atoms with Crippen molar-refractivity contribution in [1.29, 1.82) is 0 Å². The van der Waals surface area contributed by atoms with Crippen LogP contribution in [0.3, 0.4) is 0 Å². The molecule has 1 fully saturated rings. The Morgan fingerprint density at radius 1 is 1.26 bits per heavy atom. The van der Waals surface area contributed by atoms with E-state index in [2.05, 4.69) is 5.32 Å². The van der Waals surface area contributed by atoms with Crippen molar-refractivity contribution >= 4 is 27.5 Å². The third kappa shape index (κ3) is 6.43. The van der Waals surface area contributed by atoms with Crippen LogP contribution < -0.4 is 10.1 Å². The predicted molar refractivity (Wildman–Crippen MR) is 119 cm³/mol. The second-order valence-electron chi connectivity index (χ2n) is 7.31. The van der Waals surface area contributed by atoms with Gasteiger partial charge < -0.3 is 14.8 Å². The van der Waals surface area contributed by atoms with Crippen molar-refractivity contribution in [2.45, 2.75) is 30.3 Å². The molecule has 0 bridgehead atoms. The van der Waals surface area contributed by atoms with Gasteiger partial charge in [0.1, 0.15) is 5.75 Å². The Morgan fingerprint density at radius 2 is 2.03 bits per heavy atom. The molecule has 0 saturated carbocycles. The summed E-state index contributed by atoms with van der Waals surface area (Å²) in [4.78, 5) is 12.6. The molecule has 0 unspecified atom stereocenters. The molecule has 168 valence electrons. The normalized spacial score (nSPS) is 16.4. The molecular formula is C22H27ClN2O5S. The van der Waals surface area contributed by atoms with E-state index in [-0.39, 0.29) is 35.0 Å². The maximum atomic E-state index is 13.3. The average molecular weight is 467 g/mol. The molecule has 0 aromatic heterocycles. The molecule has 9 heteroatoms. The van der Waals surface area contributed by atoms with E-state index in [0.717, 1.165) is 18.4 Å². The summed E-state index contributed by atoms with van der Waals surface area (Å²) in [6.45, 7) is 0.936. The maximum Gasteiger partial charge on any atom is 0.243 e. The van der Waals surface area contributed by atoms with E-state index in [1.807, 2.05) is 30.3 Å². The van der Waals surface area contributed by atoms with Crippen LogP contribution in [0.2, 0.25) is 5.02 Å². The van der Waals surface area contributed by atoms with Crippen molar-refractivity contribution in [3.8, 4) is 5.75 Å². The molecule has 0 aliphatic carbocycles. The predicted octanol–water partition coefficient (Wildman–Crippen LogP) is 2.88. The van der Waals surface area contributed by atoms with Gasteiger partial charge in [-0.05, 0) is 43.0 Å². The number of benzene rings is 2. The third-order valence-corrected chi connectivity index (χ3v) is 7.26. The van der Waals surface area contributed by atoms with Crippen molar-refractivity contribution in [3.05, 3.63) is 59.1 Å². The lowest BCUT2D eigenvalue weighted by Crippen LogP contribution is -2.43. The van der Waals surface area contributed by atoms with Crippen LogP contribution in [0.25, 0.3) is 0 Å². The van der Waals surface area contributed by atoms with Gasteiger partial charge >= 0.3 is 0 Å². The summed E-state index contributed by atoms with van der Waals surface area (Å²) < 4.78 is 38.4. The van der Waals surface area contributed by atoms with Crippen LogP contribution in [-0.2, 0) is 26.0 Å². The number of amides is 1. The van der Waals surface area contributed by atoms with Gasteiger partial charge in [0.2, 0.25) is 15.9 Å². The smallest absolute Gasteiger partial charge is 0.243 e. The van der Waals surface area contributed by atoms with Crippen molar-refractivity contribution in [1.82, 2.24) is 9.62 Å². The summed E-state index contributed by atoms with van der Waals surface area (Å²) in [6.07, 6.45) is 2.32. The highest BCUT2D eigenvalue weighted by Gasteiger charge is 2.28. The lowest BCUT2D eigenvalue weighted by molar-refractivity contribution is -0.121. The number of carbonyl (C=O) groups is 1. The number of methoxy groups -OCH3 is 1. The monoisotopic (exact) mass is 466 g/mol. The summed E-state index contributed by atoms with van der Waals surface area (Å²) in [6, 6.07) is 13.8. The van der Waals surface area contributed by atoms with Crippen LogP contribution in [0.4, 0.5) is 0 Å². The molecular weight excluding hydrogens is 440 g/mol. The van der Waals surface area contributed by atoms with Crippen molar-refractivity contribution in [2.75, 3.05) is 33.4 Å². The summed E-state index contributed by atoms with van der Waals surface area (Å²) in [7, 11) is -2.49. The summed E-state index contributed by atoms with van der Waals surface area (Å²) in [5.41, 5.74) is 0.982. The fourth-order valence-corrected chi connectivity index (χ4v) is 5.13. The molecule has 0 radical (unpaired) electrons. The molecule has 2 aromatic rings. The zero-order valence-corrected chi connectivity index (χ0v) is 19.0. The van der Waals surface area contributed by atoms with Gasteiger partial charge in [-0.15, -0.1) is 0 Å². The minimum absolute atomic E-state index is 0.0123. The zero-order valence-electron chi connectivity index (χ0n) is 17.4. The van der Waals surface area contributed by atoms with Crippen LogP contribution in [-0.4, -0.2) is 58.1 Å². The number of sulfonamides is 1. The van der Waals surface area contributed by atoms with Crippen LogP contribution in [0.1, 0.15) is 18.4 Å². The van der Waals surface area contributed by atoms with Crippen LogP contribution in [0.5, 0.6) is 5.75 Å². The summed E-state index contributed by atoms with van der Waals surface area (Å²) >= 11 is 6.14. The number of halogens is 1. The molecule has 0 spiro atoms. The average Bonchev–Trinajstić information content (AvgIpc) is 3.29. The van der Waals surface area contributed by atoms with Gasteiger partial charge in [-0.1, -0.05) is 41.9 Å². The van der Waals surface area contributed by atoms with E-state index in [1.54, 1.807) is 0 Å². The Morgan fingerprint density at radius 3 is 2.68 bits per heavy atom. The number of hydrogen-bond donors (Lipinski definition) is 1. The van der Waals surface area contributed by atoms with E-state index in [9.17, 15) is 13.2 Å². The van der Waals surface area contributed by atoms with Gasteiger partial charge in [0.05, 0.1) is 29.7 Å². The van der Waals surface area contributed by atoms with Crippen molar-refractivity contribution in [3.63, 3.8) is 0 Å². The number of hydrogen-bond acceptors (Lipinski definition) is 5. The second kappa shape index (κ2) is 10.9. The first-order valence-corrected chi connectivity index (χ1v) is 12.0. The number of nitrogens with one attached hydrogen (secondary N) is 1. The summed E-state index contributed by atoms with van der Waals surface area (Å²) in [5.74, 6) is 0.0116. The number of nitrogens with zero attached hydrogens (tertiary/aromatic N) is 1. The molecule has 1 heterocycles. The highest BCUT2D eigenvalue weighted by Crippen LogP contribution is 2.28. The number of ether oxygens (including phenoxy) is 2. The molecule has 31 heavy (non-hydrogen) atoms. The molecule has 1 amide bonds. The first-order chi connectivity index (χ1) is 14.9. The molecule has 1 saturated heterocycles. The maximum absolute atomic E-state index is 13.3. The highest BCUT2D eigenvalue weighted by molar-refractivity contribution is 7.89. The molecule has 1 aliphatic rings. The van der Waals surface area contributed by atoms with E-state index < -0.39 is 10.0 Å². The van der Waals surface area contributed by atoms with Crippen LogP contribution >= 0.6 is 11.6 Å². The Bertz CT molecular complexity index is 979. The largest absolute Gasteiger partial charge is 0.495 e. The number of carbonyl (C=O) groups excluding carboxylic acids is 1. The Hall–Kier alpha value is -2.13. The number of rotatable bonds is 10. The quantitative estimate of drug-likeness (QED) is 0.582. The van der Waals surface area contributed by atoms with E-state index in [4.69, 9.17) is 21.1 Å². The van der Waals surface area contributed by atoms with E-state index in [0.29, 0.717) is 25.3 Å². The Balaban J connectivity index is 1.76. The van der Waals surface area contributed by atoms with Crippen LogP contribution in [0, 0.1) is 0 Å². The minimum Gasteiger partial charge on any atom is -0.495 e. The van der Waals surface area contributed by atoms with Gasteiger partial charge in [0.15, 0.2) is 0 Å². The SMILES string of the molecule is COc1ccc(S(=O)(=O)N(CCc2ccccc2)CC(=O)NC[C@H]2CCCO2)cc1Cl. The van der Waals surface area contributed by atoms with Gasteiger partial charge in [-0.25, -0.2) is 8.42 Å². The molecule has 3 rings (SSSR count). The molecule has 2 aromatic carbocycles. The van der Waals surface area contributed by atoms with Gasteiger partial charge in [0, 0.05) is 19.7 Å². The molecule has 1 N–H and O–H groups in total. The molecule has 7 nitrogen and oxygen atoms in total.